The van der Waals surface area contributed by atoms with Gasteiger partial charge in [-0.3, -0.25) is 0 Å². The quantitative estimate of drug-likeness (QED) is 0.148. The van der Waals surface area contributed by atoms with Crippen LogP contribution in [0.2, 0.25) is 0 Å². The van der Waals surface area contributed by atoms with Gasteiger partial charge >= 0.3 is 11.9 Å². The van der Waals surface area contributed by atoms with Crippen molar-refractivity contribution in [1.82, 2.24) is 9.55 Å². The van der Waals surface area contributed by atoms with Crippen molar-refractivity contribution in [2.75, 3.05) is 14.2 Å². The van der Waals surface area contributed by atoms with Gasteiger partial charge in [-0.2, -0.15) is 0 Å². The van der Waals surface area contributed by atoms with Crippen molar-refractivity contribution in [3.63, 3.8) is 0 Å². The highest BCUT2D eigenvalue weighted by atomic mass is 16.5. The molecule has 50 heavy (non-hydrogen) atoms. The molecule has 0 amide bonds. The molecule has 3 aliphatic carbocycles. The summed E-state index contributed by atoms with van der Waals surface area (Å²) >= 11 is 0. The van der Waals surface area contributed by atoms with Gasteiger partial charge in [-0.1, -0.05) is 36.4 Å². The molecule has 0 aliphatic heterocycles. The molecule has 1 N–H and O–H groups in total. The van der Waals surface area contributed by atoms with Crippen LogP contribution in [-0.2, 0) is 28.9 Å². The zero-order valence-electron chi connectivity index (χ0n) is 28.9. The number of ether oxygens (including phenoxy) is 2. The summed E-state index contributed by atoms with van der Waals surface area (Å²) in [7, 11) is 2.91. The third-order valence-corrected chi connectivity index (χ3v) is 10.6. The molecule has 2 heterocycles. The Balaban J connectivity index is 0.000000146. The van der Waals surface area contributed by atoms with Crippen LogP contribution in [0.1, 0.15) is 104 Å². The maximum absolute atomic E-state index is 12.3. The lowest BCUT2D eigenvalue weighted by atomic mass is 9.96. The molecule has 0 atom stereocenters. The molecule has 0 unspecified atom stereocenters. The molecule has 0 radical (unpaired) electrons. The molecule has 0 bridgehead atoms. The van der Waals surface area contributed by atoms with E-state index in [1.807, 2.05) is 18.3 Å². The van der Waals surface area contributed by atoms with E-state index in [0.717, 1.165) is 41.9 Å². The summed E-state index contributed by atoms with van der Waals surface area (Å²) in [6, 6.07) is 29.9. The lowest BCUT2D eigenvalue weighted by Gasteiger charge is -2.11. The monoisotopic (exact) mass is 664 g/mol. The summed E-state index contributed by atoms with van der Waals surface area (Å²) < 4.78 is 12.4. The van der Waals surface area contributed by atoms with E-state index in [2.05, 4.69) is 88.5 Å². The zero-order chi connectivity index (χ0) is 34.2. The molecular formula is C44H44N2O4. The molecule has 3 aliphatic rings. The Labute approximate surface area is 293 Å². The molecule has 6 aromatic rings. The third-order valence-electron chi connectivity index (χ3n) is 10.6. The van der Waals surface area contributed by atoms with Crippen LogP contribution in [0.5, 0.6) is 0 Å². The van der Waals surface area contributed by atoms with Crippen LogP contribution >= 0.6 is 0 Å². The number of nitrogens with zero attached hydrogens (tertiary/aromatic N) is 1. The van der Waals surface area contributed by atoms with Crippen LogP contribution in [0.4, 0.5) is 0 Å². The standard InChI is InChI=1S/C24H25NO2.C20H19NO2/c1-27-24(26)22-14-19(18-5-6-18)7-8-20(22)12-17-4-9-23-21(13-17)10-11-25(23)15-16-2-3-16;1-23-20(22)18-12-15(14-3-4-14)5-6-16(18)10-13-2-7-19-17(11-13)8-9-21-19/h4,7-11,13-14,16,18H,2-3,5-6,12,15H2,1H3;2,5-9,11-12,14,21H,3-4,10H2,1H3. The Morgan fingerprint density at radius 1 is 0.660 bits per heavy atom. The van der Waals surface area contributed by atoms with E-state index in [4.69, 9.17) is 9.47 Å². The van der Waals surface area contributed by atoms with E-state index in [0.29, 0.717) is 23.0 Å². The van der Waals surface area contributed by atoms with E-state index in [1.54, 1.807) is 0 Å². The maximum atomic E-state index is 12.3. The molecule has 3 saturated carbocycles. The molecule has 4 aromatic carbocycles. The first-order valence-electron chi connectivity index (χ1n) is 18.0. The van der Waals surface area contributed by atoms with Crippen LogP contribution in [0, 0.1) is 5.92 Å². The highest BCUT2D eigenvalue weighted by Crippen LogP contribution is 2.42. The minimum absolute atomic E-state index is 0.232. The smallest absolute Gasteiger partial charge is 0.338 e. The number of carbonyl (C=O) groups is 2. The first kappa shape index (κ1) is 32.1. The molecule has 2 aromatic heterocycles. The third kappa shape index (κ3) is 7.11. The Morgan fingerprint density at radius 3 is 1.80 bits per heavy atom. The van der Waals surface area contributed by atoms with Crippen LogP contribution < -0.4 is 0 Å². The molecule has 0 spiro atoms. The molecule has 3 fully saturated rings. The molecular weight excluding hydrogens is 620 g/mol. The Bertz CT molecular complexity index is 2190. The van der Waals surface area contributed by atoms with Crippen molar-refractivity contribution < 1.29 is 19.1 Å². The average Bonchev–Trinajstić information content (AvgIpc) is 4.05. The van der Waals surface area contributed by atoms with Gasteiger partial charge < -0.3 is 19.0 Å². The molecule has 0 saturated heterocycles. The summed E-state index contributed by atoms with van der Waals surface area (Å²) in [5, 5.41) is 2.47. The highest BCUT2D eigenvalue weighted by molar-refractivity contribution is 5.92. The van der Waals surface area contributed by atoms with E-state index in [-0.39, 0.29) is 11.9 Å². The lowest BCUT2D eigenvalue weighted by molar-refractivity contribution is 0.0590. The second-order valence-corrected chi connectivity index (χ2v) is 14.4. The van der Waals surface area contributed by atoms with Crippen molar-refractivity contribution >= 4 is 33.7 Å². The number of hydrogen-bond acceptors (Lipinski definition) is 4. The molecule has 6 heteroatoms. The highest BCUT2D eigenvalue weighted by Gasteiger charge is 2.27. The minimum atomic E-state index is -0.245. The second-order valence-electron chi connectivity index (χ2n) is 14.4. The zero-order valence-corrected chi connectivity index (χ0v) is 28.9. The van der Waals surface area contributed by atoms with Gasteiger partial charge in [0.25, 0.3) is 0 Å². The van der Waals surface area contributed by atoms with Crippen molar-refractivity contribution in [2.45, 2.75) is 69.7 Å². The summed E-state index contributed by atoms with van der Waals surface area (Å²) in [5.41, 5.74) is 10.9. The first-order valence-corrected chi connectivity index (χ1v) is 18.0. The van der Waals surface area contributed by atoms with Crippen LogP contribution in [0.25, 0.3) is 21.8 Å². The SMILES string of the molecule is COC(=O)c1cc(C2CC2)ccc1Cc1ccc2[nH]ccc2c1.COC(=O)c1cc(C2CC2)ccc1Cc1ccc2c(ccn2CC2CC2)c1. The van der Waals surface area contributed by atoms with Gasteiger partial charge in [-0.25, -0.2) is 9.59 Å². The largest absolute Gasteiger partial charge is 0.465 e. The van der Waals surface area contributed by atoms with Crippen LogP contribution in [-0.4, -0.2) is 35.7 Å². The topological polar surface area (TPSA) is 73.3 Å². The van der Waals surface area contributed by atoms with E-state index < -0.39 is 0 Å². The number of methoxy groups -OCH3 is 2. The number of benzene rings is 4. The fourth-order valence-corrected chi connectivity index (χ4v) is 7.19. The van der Waals surface area contributed by atoms with Gasteiger partial charge in [0.2, 0.25) is 0 Å². The van der Waals surface area contributed by atoms with Gasteiger partial charge in [0.15, 0.2) is 0 Å². The number of hydrogen-bond donors (Lipinski definition) is 1. The summed E-state index contributed by atoms with van der Waals surface area (Å²) in [4.78, 5) is 27.7. The van der Waals surface area contributed by atoms with Crippen molar-refractivity contribution in [2.24, 2.45) is 5.92 Å². The Morgan fingerprint density at radius 2 is 1.24 bits per heavy atom. The average molecular weight is 665 g/mol. The predicted octanol–water partition coefficient (Wildman–Crippen LogP) is 9.73. The fourth-order valence-electron chi connectivity index (χ4n) is 7.19. The second kappa shape index (κ2) is 13.7. The van der Waals surface area contributed by atoms with E-state index in [9.17, 15) is 9.59 Å². The van der Waals surface area contributed by atoms with Gasteiger partial charge in [-0.05, 0) is 162 Å². The Kier molecular flexibility index (Phi) is 8.78. The number of carbonyl (C=O) groups excluding carboxylic acids is 2. The predicted molar refractivity (Wildman–Crippen MR) is 198 cm³/mol. The number of aromatic amines is 1. The number of fused-ring (bicyclic) bond motifs is 2. The normalized spacial score (nSPS) is 15.5. The summed E-state index contributed by atoms with van der Waals surface area (Å²) in [5.74, 6) is 1.65. The van der Waals surface area contributed by atoms with Gasteiger partial charge in [0.1, 0.15) is 0 Å². The van der Waals surface area contributed by atoms with Crippen molar-refractivity contribution in [1.29, 1.82) is 0 Å². The number of esters is 2. The minimum Gasteiger partial charge on any atom is -0.465 e. The lowest BCUT2D eigenvalue weighted by Crippen LogP contribution is -2.07. The van der Waals surface area contributed by atoms with E-state index >= 15 is 0 Å². The van der Waals surface area contributed by atoms with Crippen LogP contribution in [0.15, 0.2) is 97.3 Å². The van der Waals surface area contributed by atoms with Gasteiger partial charge in [0, 0.05) is 30.0 Å². The van der Waals surface area contributed by atoms with Crippen molar-refractivity contribution in [3.05, 3.63) is 142 Å². The maximum Gasteiger partial charge on any atom is 0.338 e. The van der Waals surface area contributed by atoms with Gasteiger partial charge in [0.05, 0.1) is 25.3 Å². The summed E-state index contributed by atoms with van der Waals surface area (Å²) in [6.45, 7) is 1.14. The number of rotatable bonds is 10. The number of H-pyrrole nitrogens is 1. The molecule has 9 rings (SSSR count). The van der Waals surface area contributed by atoms with Crippen LogP contribution in [0.3, 0.4) is 0 Å². The fraction of sp³-hybridized carbons (Fsp3) is 0.318. The van der Waals surface area contributed by atoms with Crippen molar-refractivity contribution in [3.8, 4) is 0 Å². The summed E-state index contributed by atoms with van der Waals surface area (Å²) in [6.07, 6.45) is 13.3. The number of aromatic nitrogens is 2. The van der Waals surface area contributed by atoms with Gasteiger partial charge in [-0.15, -0.1) is 0 Å². The first-order chi connectivity index (χ1) is 24.4. The Hall–Kier alpha value is -5.10. The molecule has 254 valence electrons. The van der Waals surface area contributed by atoms with E-state index in [1.165, 1.54) is 91.3 Å². The molecule has 6 nitrogen and oxygen atoms in total. The number of nitrogens with one attached hydrogen (secondary N) is 1.